The maximum absolute atomic E-state index is 12.3. The summed E-state index contributed by atoms with van der Waals surface area (Å²) in [4.78, 5) is 9.97. The van der Waals surface area contributed by atoms with Crippen LogP contribution in [0.25, 0.3) is 0 Å². The van der Waals surface area contributed by atoms with Gasteiger partial charge in [-0.2, -0.15) is 0 Å². The Balaban J connectivity index is 1.56. The summed E-state index contributed by atoms with van der Waals surface area (Å²) in [6.07, 6.45) is 1.23. The molecule has 128 valence electrons. The summed E-state index contributed by atoms with van der Waals surface area (Å²) < 4.78 is 40.9. The average molecular weight is 338 g/mol. The zero-order valence-electron chi connectivity index (χ0n) is 12.8. The van der Waals surface area contributed by atoms with Gasteiger partial charge in [0.25, 0.3) is 0 Å². The van der Waals surface area contributed by atoms with Crippen LogP contribution in [0.3, 0.4) is 0 Å². The Kier molecular flexibility index (Phi) is 4.84. The first-order valence-electron chi connectivity index (χ1n) is 7.58. The molecule has 0 amide bonds. The van der Waals surface area contributed by atoms with Crippen LogP contribution in [0.5, 0.6) is 5.75 Å². The molecule has 1 saturated heterocycles. The molecule has 0 saturated carbocycles. The van der Waals surface area contributed by atoms with Gasteiger partial charge >= 0.3 is 6.36 Å². The van der Waals surface area contributed by atoms with E-state index in [1.165, 1.54) is 18.5 Å². The number of ether oxygens (including phenoxy) is 1. The monoisotopic (exact) mass is 338 g/mol. The lowest BCUT2D eigenvalue weighted by Crippen LogP contribution is -2.32. The second-order valence-electron chi connectivity index (χ2n) is 5.60. The lowest BCUT2D eigenvalue weighted by Gasteiger charge is -2.20. The van der Waals surface area contributed by atoms with Crippen molar-refractivity contribution in [1.29, 1.82) is 0 Å². The predicted molar refractivity (Wildman–Crippen MR) is 82.6 cm³/mol. The van der Waals surface area contributed by atoms with E-state index in [1.54, 1.807) is 24.5 Å². The topological polar surface area (TPSA) is 50.3 Å². The van der Waals surface area contributed by atoms with E-state index in [9.17, 15) is 13.2 Å². The van der Waals surface area contributed by atoms with E-state index in [0.717, 1.165) is 30.8 Å². The van der Waals surface area contributed by atoms with Gasteiger partial charge in [0.1, 0.15) is 12.1 Å². The number of nitrogens with zero attached hydrogens (tertiary/aromatic N) is 3. The number of benzene rings is 1. The van der Waals surface area contributed by atoms with E-state index in [1.807, 2.05) is 4.90 Å². The molecule has 1 fully saturated rings. The molecule has 8 heteroatoms. The SMILES string of the molecule is FC(F)(F)Oc1cccc(N2CC[C@H](NCc3cncnc3)C2)c1. The second-order valence-corrected chi connectivity index (χ2v) is 5.60. The van der Waals surface area contributed by atoms with Crippen LogP contribution >= 0.6 is 0 Å². The Morgan fingerprint density at radius 1 is 1.25 bits per heavy atom. The standard InChI is InChI=1S/C16H17F3N4O/c17-16(18,19)24-15-3-1-2-14(6-15)23-5-4-13(10-23)22-9-12-7-20-11-21-8-12/h1-3,6-8,11,13,22H,4-5,9-10H2/t13-/m0/s1. The van der Waals surface area contributed by atoms with Crippen LogP contribution in [0, 0.1) is 0 Å². The van der Waals surface area contributed by atoms with Gasteiger partial charge in [-0.3, -0.25) is 0 Å². The maximum atomic E-state index is 12.3. The Hall–Kier alpha value is -2.35. The molecule has 1 N–H and O–H groups in total. The number of rotatable bonds is 5. The van der Waals surface area contributed by atoms with E-state index in [2.05, 4.69) is 20.0 Å². The van der Waals surface area contributed by atoms with E-state index < -0.39 is 6.36 Å². The summed E-state index contributed by atoms with van der Waals surface area (Å²) >= 11 is 0. The number of anilines is 1. The van der Waals surface area contributed by atoms with Crippen LogP contribution in [-0.4, -0.2) is 35.5 Å². The van der Waals surface area contributed by atoms with Crippen molar-refractivity contribution in [2.45, 2.75) is 25.4 Å². The molecule has 2 aromatic rings. The Labute approximate surface area is 137 Å². The first-order chi connectivity index (χ1) is 11.5. The third-order valence-corrected chi connectivity index (χ3v) is 3.81. The highest BCUT2D eigenvalue weighted by atomic mass is 19.4. The van der Waals surface area contributed by atoms with Crippen LogP contribution in [-0.2, 0) is 6.54 Å². The van der Waals surface area contributed by atoms with Gasteiger partial charge in [-0.05, 0) is 18.6 Å². The highest BCUT2D eigenvalue weighted by Crippen LogP contribution is 2.28. The van der Waals surface area contributed by atoms with Crippen molar-refractivity contribution in [3.63, 3.8) is 0 Å². The van der Waals surface area contributed by atoms with Crippen LogP contribution in [0.1, 0.15) is 12.0 Å². The third-order valence-electron chi connectivity index (χ3n) is 3.81. The quantitative estimate of drug-likeness (QED) is 0.908. The van der Waals surface area contributed by atoms with Gasteiger partial charge < -0.3 is 15.0 Å². The van der Waals surface area contributed by atoms with Crippen molar-refractivity contribution in [2.24, 2.45) is 0 Å². The average Bonchev–Trinajstić information content (AvgIpc) is 3.02. The second kappa shape index (κ2) is 7.04. The Morgan fingerprint density at radius 3 is 2.79 bits per heavy atom. The number of aromatic nitrogens is 2. The molecule has 0 aliphatic carbocycles. The summed E-state index contributed by atoms with van der Waals surface area (Å²) in [7, 11) is 0. The van der Waals surface area contributed by atoms with E-state index in [0.29, 0.717) is 6.54 Å². The van der Waals surface area contributed by atoms with Gasteiger partial charge in [-0.15, -0.1) is 13.2 Å². The fourth-order valence-electron chi connectivity index (χ4n) is 2.72. The van der Waals surface area contributed by atoms with Crippen molar-refractivity contribution in [2.75, 3.05) is 18.0 Å². The Bertz CT molecular complexity index is 666. The molecule has 1 aromatic heterocycles. The molecule has 1 atom stereocenters. The number of hydrogen-bond donors (Lipinski definition) is 1. The highest BCUT2D eigenvalue weighted by molar-refractivity contribution is 5.51. The molecule has 0 spiro atoms. The molecule has 2 heterocycles. The number of hydrogen-bond acceptors (Lipinski definition) is 5. The van der Waals surface area contributed by atoms with Gasteiger partial charge in [0.2, 0.25) is 0 Å². The molecular weight excluding hydrogens is 321 g/mol. The van der Waals surface area contributed by atoms with Crippen molar-refractivity contribution in [1.82, 2.24) is 15.3 Å². The number of halogens is 3. The molecule has 1 aromatic carbocycles. The van der Waals surface area contributed by atoms with Gasteiger partial charge in [0.05, 0.1) is 0 Å². The normalized spacial score (nSPS) is 18.0. The van der Waals surface area contributed by atoms with E-state index in [4.69, 9.17) is 0 Å². The summed E-state index contributed by atoms with van der Waals surface area (Å²) in [6.45, 7) is 2.16. The molecule has 0 radical (unpaired) electrons. The van der Waals surface area contributed by atoms with Crippen LogP contribution in [0.4, 0.5) is 18.9 Å². The lowest BCUT2D eigenvalue weighted by atomic mass is 10.2. The van der Waals surface area contributed by atoms with Crippen molar-refractivity contribution in [3.05, 3.63) is 48.5 Å². The fraction of sp³-hybridized carbons (Fsp3) is 0.375. The van der Waals surface area contributed by atoms with E-state index in [-0.39, 0.29) is 11.8 Å². The van der Waals surface area contributed by atoms with Gasteiger partial charge in [0.15, 0.2) is 0 Å². The third kappa shape index (κ3) is 4.58. The maximum Gasteiger partial charge on any atom is 0.573 e. The van der Waals surface area contributed by atoms with Crippen molar-refractivity contribution in [3.8, 4) is 5.75 Å². The number of alkyl halides is 3. The van der Waals surface area contributed by atoms with Crippen LogP contribution < -0.4 is 15.0 Å². The van der Waals surface area contributed by atoms with Gasteiger partial charge in [0, 0.05) is 55.4 Å². The zero-order valence-corrected chi connectivity index (χ0v) is 12.8. The first kappa shape index (κ1) is 16.5. The van der Waals surface area contributed by atoms with Crippen molar-refractivity contribution < 1.29 is 17.9 Å². The molecule has 3 rings (SSSR count). The highest BCUT2D eigenvalue weighted by Gasteiger charge is 2.31. The molecule has 24 heavy (non-hydrogen) atoms. The summed E-state index contributed by atoms with van der Waals surface area (Å²) in [5, 5.41) is 3.42. The minimum Gasteiger partial charge on any atom is -0.406 e. The minimum absolute atomic E-state index is 0.196. The van der Waals surface area contributed by atoms with E-state index >= 15 is 0 Å². The zero-order chi connectivity index (χ0) is 17.0. The van der Waals surface area contributed by atoms with Crippen molar-refractivity contribution >= 4 is 5.69 Å². The molecule has 5 nitrogen and oxygen atoms in total. The smallest absolute Gasteiger partial charge is 0.406 e. The summed E-state index contributed by atoms with van der Waals surface area (Å²) in [5.74, 6) is -0.196. The minimum atomic E-state index is -4.68. The molecule has 1 aliphatic rings. The predicted octanol–water partition coefficient (Wildman–Crippen LogP) is 2.74. The first-order valence-corrected chi connectivity index (χ1v) is 7.58. The largest absolute Gasteiger partial charge is 0.573 e. The van der Waals surface area contributed by atoms with Crippen LogP contribution in [0.2, 0.25) is 0 Å². The van der Waals surface area contributed by atoms with Crippen LogP contribution in [0.15, 0.2) is 43.0 Å². The lowest BCUT2D eigenvalue weighted by molar-refractivity contribution is -0.274. The number of nitrogens with one attached hydrogen (secondary N) is 1. The van der Waals surface area contributed by atoms with Gasteiger partial charge in [-0.1, -0.05) is 6.07 Å². The summed E-state index contributed by atoms with van der Waals surface area (Å²) in [6, 6.07) is 6.34. The molecular formula is C16H17F3N4O. The molecule has 1 aliphatic heterocycles. The Morgan fingerprint density at radius 2 is 2.04 bits per heavy atom. The summed E-state index contributed by atoms with van der Waals surface area (Å²) in [5.41, 5.74) is 1.72. The fourth-order valence-corrected chi connectivity index (χ4v) is 2.72. The molecule has 0 bridgehead atoms. The molecule has 0 unspecified atom stereocenters. The van der Waals surface area contributed by atoms with Gasteiger partial charge in [-0.25, -0.2) is 9.97 Å².